The van der Waals surface area contributed by atoms with Crippen LogP contribution in [0.1, 0.15) is 12.1 Å². The van der Waals surface area contributed by atoms with E-state index in [0.717, 1.165) is 18.0 Å². The Hall–Kier alpha value is -2.60. The van der Waals surface area contributed by atoms with Gasteiger partial charge in [-0.1, -0.05) is 6.07 Å². The molecule has 1 aliphatic rings. The summed E-state index contributed by atoms with van der Waals surface area (Å²) in [6.07, 6.45) is 0.692. The molecule has 6 nitrogen and oxygen atoms in total. The first kappa shape index (κ1) is 16.3. The third-order valence-electron chi connectivity index (χ3n) is 4.07. The van der Waals surface area contributed by atoms with Gasteiger partial charge in [0.25, 0.3) is 0 Å². The van der Waals surface area contributed by atoms with E-state index in [1.165, 1.54) is 0 Å². The van der Waals surface area contributed by atoms with E-state index >= 15 is 0 Å². The Morgan fingerprint density at radius 3 is 2.67 bits per heavy atom. The molecule has 0 radical (unpaired) electrons. The molecule has 0 bridgehead atoms. The van der Waals surface area contributed by atoms with Crippen molar-refractivity contribution in [3.05, 3.63) is 48.2 Å². The third-order valence-corrected chi connectivity index (χ3v) is 4.07. The number of benzene rings is 1. The van der Waals surface area contributed by atoms with Gasteiger partial charge in [0.2, 0.25) is 5.88 Å². The summed E-state index contributed by atoms with van der Waals surface area (Å²) in [5, 5.41) is 9.07. The summed E-state index contributed by atoms with van der Waals surface area (Å²) in [7, 11) is 1.62. The number of hydrogen-bond acceptors (Lipinski definition) is 5. The fraction of sp³-hybridized carbons (Fsp3) is 0.333. The Morgan fingerprint density at radius 1 is 1.25 bits per heavy atom. The molecule has 1 aliphatic heterocycles. The van der Waals surface area contributed by atoms with Crippen LogP contribution in [0.3, 0.4) is 0 Å². The van der Waals surface area contributed by atoms with Gasteiger partial charge in [-0.05, 0) is 43.3 Å². The molecule has 24 heavy (non-hydrogen) atoms. The average molecular weight is 328 g/mol. The zero-order valence-electron chi connectivity index (χ0n) is 13.5. The second kappa shape index (κ2) is 7.31. The highest BCUT2D eigenvalue weighted by Crippen LogP contribution is 2.23. The number of aliphatic carboxylic acids is 1. The SMILES string of the molecule is COc1ccc(Oc2cccc(CN3CCC(C(=O)O)C3)n2)cc1. The zero-order chi connectivity index (χ0) is 16.9. The maximum absolute atomic E-state index is 11.0. The lowest BCUT2D eigenvalue weighted by molar-refractivity contribution is -0.141. The summed E-state index contributed by atoms with van der Waals surface area (Å²) in [4.78, 5) is 17.6. The molecule has 1 atom stereocenters. The van der Waals surface area contributed by atoms with Gasteiger partial charge in [0, 0.05) is 19.2 Å². The largest absolute Gasteiger partial charge is 0.497 e. The zero-order valence-corrected chi connectivity index (χ0v) is 13.5. The Morgan fingerprint density at radius 2 is 2.00 bits per heavy atom. The minimum Gasteiger partial charge on any atom is -0.497 e. The Labute approximate surface area is 140 Å². The summed E-state index contributed by atoms with van der Waals surface area (Å²) >= 11 is 0. The van der Waals surface area contributed by atoms with Gasteiger partial charge in [-0.25, -0.2) is 4.98 Å². The Balaban J connectivity index is 1.62. The second-order valence-electron chi connectivity index (χ2n) is 5.80. The Kier molecular flexibility index (Phi) is 4.96. The number of methoxy groups -OCH3 is 1. The molecule has 1 aromatic carbocycles. The van der Waals surface area contributed by atoms with Gasteiger partial charge in [0.15, 0.2) is 0 Å². The fourth-order valence-electron chi connectivity index (χ4n) is 2.77. The summed E-state index contributed by atoms with van der Waals surface area (Å²) in [6, 6.07) is 12.9. The quantitative estimate of drug-likeness (QED) is 0.879. The van der Waals surface area contributed by atoms with E-state index in [-0.39, 0.29) is 5.92 Å². The molecule has 1 saturated heterocycles. The maximum Gasteiger partial charge on any atom is 0.307 e. The van der Waals surface area contributed by atoms with Crippen molar-refractivity contribution in [2.75, 3.05) is 20.2 Å². The van der Waals surface area contributed by atoms with Crippen LogP contribution < -0.4 is 9.47 Å². The molecule has 126 valence electrons. The summed E-state index contributed by atoms with van der Waals surface area (Å²) in [6.45, 7) is 1.98. The molecular weight excluding hydrogens is 308 g/mol. The highest BCUT2D eigenvalue weighted by molar-refractivity contribution is 5.70. The van der Waals surface area contributed by atoms with Crippen molar-refractivity contribution in [3.63, 3.8) is 0 Å². The average Bonchev–Trinajstić information content (AvgIpc) is 3.05. The van der Waals surface area contributed by atoms with Crippen molar-refractivity contribution in [1.29, 1.82) is 0 Å². The van der Waals surface area contributed by atoms with Gasteiger partial charge in [0.05, 0.1) is 18.7 Å². The summed E-state index contributed by atoms with van der Waals surface area (Å²) in [5.74, 6) is 0.982. The van der Waals surface area contributed by atoms with Crippen LogP contribution in [0.15, 0.2) is 42.5 Å². The van der Waals surface area contributed by atoms with E-state index in [1.54, 1.807) is 13.2 Å². The lowest BCUT2D eigenvalue weighted by atomic mass is 10.1. The van der Waals surface area contributed by atoms with Crippen molar-refractivity contribution < 1.29 is 19.4 Å². The van der Waals surface area contributed by atoms with Gasteiger partial charge < -0.3 is 14.6 Å². The van der Waals surface area contributed by atoms with Crippen LogP contribution >= 0.6 is 0 Å². The number of likely N-dealkylation sites (tertiary alicyclic amines) is 1. The normalized spacial score (nSPS) is 17.6. The standard InChI is InChI=1S/C18H20N2O4/c1-23-15-5-7-16(8-6-15)24-17-4-2-3-14(19-17)12-20-10-9-13(11-20)18(21)22/h2-8,13H,9-12H2,1H3,(H,21,22). The molecule has 6 heteroatoms. The van der Waals surface area contributed by atoms with Crippen molar-refractivity contribution in [2.24, 2.45) is 5.92 Å². The van der Waals surface area contributed by atoms with Gasteiger partial charge >= 0.3 is 5.97 Å². The molecule has 1 aromatic heterocycles. The highest BCUT2D eigenvalue weighted by Gasteiger charge is 2.27. The van der Waals surface area contributed by atoms with E-state index in [4.69, 9.17) is 14.6 Å². The van der Waals surface area contributed by atoms with Crippen LogP contribution in [0.2, 0.25) is 0 Å². The number of carboxylic acids is 1. The monoisotopic (exact) mass is 328 g/mol. The molecule has 2 aromatic rings. The molecule has 1 unspecified atom stereocenters. The van der Waals surface area contributed by atoms with Crippen LogP contribution in [-0.2, 0) is 11.3 Å². The first-order valence-electron chi connectivity index (χ1n) is 7.87. The molecule has 0 spiro atoms. The van der Waals surface area contributed by atoms with Crippen molar-refractivity contribution in [2.45, 2.75) is 13.0 Å². The van der Waals surface area contributed by atoms with E-state index in [1.807, 2.05) is 36.4 Å². The summed E-state index contributed by atoms with van der Waals surface area (Å²) in [5.41, 5.74) is 0.868. The Bertz CT molecular complexity index is 702. The fourth-order valence-corrected chi connectivity index (χ4v) is 2.77. The number of carbonyl (C=O) groups is 1. The molecule has 1 fully saturated rings. The predicted octanol–water partition coefficient (Wildman–Crippen LogP) is 2.79. The first-order valence-corrected chi connectivity index (χ1v) is 7.87. The van der Waals surface area contributed by atoms with Crippen molar-refractivity contribution >= 4 is 5.97 Å². The topological polar surface area (TPSA) is 71.9 Å². The van der Waals surface area contributed by atoms with Crippen LogP contribution in [0.25, 0.3) is 0 Å². The number of carboxylic acid groups (broad SMARTS) is 1. The number of hydrogen-bond donors (Lipinski definition) is 1. The molecule has 0 amide bonds. The third kappa shape index (κ3) is 4.02. The predicted molar refractivity (Wildman–Crippen MR) is 88.3 cm³/mol. The van der Waals surface area contributed by atoms with Crippen LogP contribution in [0, 0.1) is 5.92 Å². The lowest BCUT2D eigenvalue weighted by Gasteiger charge is -2.15. The van der Waals surface area contributed by atoms with E-state index in [0.29, 0.717) is 31.1 Å². The van der Waals surface area contributed by atoms with Crippen molar-refractivity contribution in [3.8, 4) is 17.4 Å². The van der Waals surface area contributed by atoms with Gasteiger partial charge in [-0.3, -0.25) is 9.69 Å². The van der Waals surface area contributed by atoms with E-state index in [9.17, 15) is 4.79 Å². The number of nitrogens with zero attached hydrogens (tertiary/aromatic N) is 2. The minimum absolute atomic E-state index is 0.274. The van der Waals surface area contributed by atoms with Crippen LogP contribution in [0.5, 0.6) is 17.4 Å². The maximum atomic E-state index is 11.0. The van der Waals surface area contributed by atoms with Crippen LogP contribution in [-0.4, -0.2) is 41.2 Å². The van der Waals surface area contributed by atoms with Crippen LogP contribution in [0.4, 0.5) is 0 Å². The highest BCUT2D eigenvalue weighted by atomic mass is 16.5. The smallest absolute Gasteiger partial charge is 0.307 e. The van der Waals surface area contributed by atoms with Crippen molar-refractivity contribution in [1.82, 2.24) is 9.88 Å². The van der Waals surface area contributed by atoms with Gasteiger partial charge in [0.1, 0.15) is 11.5 Å². The first-order chi connectivity index (χ1) is 11.6. The molecule has 3 rings (SSSR count). The molecule has 0 aliphatic carbocycles. The van der Waals surface area contributed by atoms with E-state index in [2.05, 4.69) is 9.88 Å². The van der Waals surface area contributed by atoms with Gasteiger partial charge in [-0.2, -0.15) is 0 Å². The number of pyridine rings is 1. The number of aromatic nitrogens is 1. The lowest BCUT2D eigenvalue weighted by Crippen LogP contribution is -2.23. The van der Waals surface area contributed by atoms with E-state index < -0.39 is 5.97 Å². The number of rotatable bonds is 6. The van der Waals surface area contributed by atoms with Gasteiger partial charge in [-0.15, -0.1) is 0 Å². The molecule has 1 N–H and O–H groups in total. The molecular formula is C18H20N2O4. The minimum atomic E-state index is -0.720. The molecule has 2 heterocycles. The summed E-state index contributed by atoms with van der Waals surface area (Å²) < 4.78 is 10.9. The second-order valence-corrected chi connectivity index (χ2v) is 5.80. The molecule has 0 saturated carbocycles. The number of ether oxygens (including phenoxy) is 2.